The highest BCUT2D eigenvalue weighted by Gasteiger charge is 2.17. The Bertz CT molecular complexity index is 589. The smallest absolute Gasteiger partial charge is 0.109 e. The van der Waals surface area contributed by atoms with E-state index < -0.39 is 6.67 Å². The summed E-state index contributed by atoms with van der Waals surface area (Å²) in [5, 5.41) is 12.0. The van der Waals surface area contributed by atoms with Crippen molar-refractivity contribution >= 4 is 18.1 Å². The van der Waals surface area contributed by atoms with Crippen molar-refractivity contribution < 1.29 is 4.39 Å². The van der Waals surface area contributed by atoms with Crippen LogP contribution in [0.15, 0.2) is 18.6 Å². The molecule has 0 unspecified atom stereocenters. The highest BCUT2D eigenvalue weighted by molar-refractivity contribution is 5.85. The van der Waals surface area contributed by atoms with Gasteiger partial charge < -0.3 is 5.32 Å². The van der Waals surface area contributed by atoms with E-state index in [1.165, 1.54) is 31.2 Å². The molecule has 1 N–H and O–H groups in total. The van der Waals surface area contributed by atoms with E-state index in [9.17, 15) is 4.39 Å². The molecule has 1 fully saturated rings. The first kappa shape index (κ1) is 16.8. The maximum absolute atomic E-state index is 12.4. The van der Waals surface area contributed by atoms with Gasteiger partial charge in [0.15, 0.2) is 0 Å². The van der Waals surface area contributed by atoms with E-state index in [1.807, 2.05) is 13.1 Å². The summed E-state index contributed by atoms with van der Waals surface area (Å²) >= 11 is 0. The van der Waals surface area contributed by atoms with Gasteiger partial charge in [-0.2, -0.15) is 10.2 Å². The van der Waals surface area contributed by atoms with Gasteiger partial charge in [0, 0.05) is 18.3 Å². The van der Waals surface area contributed by atoms with Gasteiger partial charge in [-0.1, -0.05) is 12.8 Å². The van der Waals surface area contributed by atoms with E-state index in [0.29, 0.717) is 12.6 Å². The number of hydrogen-bond acceptors (Lipinski definition) is 3. The van der Waals surface area contributed by atoms with Crippen molar-refractivity contribution in [1.82, 2.24) is 19.6 Å². The molecule has 0 saturated heterocycles. The summed E-state index contributed by atoms with van der Waals surface area (Å²) in [7, 11) is 0. The highest BCUT2D eigenvalue weighted by Crippen LogP contribution is 2.28. The Morgan fingerprint density at radius 1 is 1.27 bits per heavy atom. The van der Waals surface area contributed by atoms with Gasteiger partial charge in [-0.25, -0.2) is 4.39 Å². The fourth-order valence-electron chi connectivity index (χ4n) is 2.96. The van der Waals surface area contributed by atoms with Crippen LogP contribution in [0.1, 0.15) is 43.0 Å². The lowest BCUT2D eigenvalue weighted by molar-refractivity contribution is 0.423. The fourth-order valence-corrected chi connectivity index (χ4v) is 2.96. The number of rotatable bonds is 6. The standard InChI is InChI=1S/C15H22FN5.ClH/c1-12-15(10-19-20(12)7-6-16)17-8-13-9-18-21(11-13)14-4-2-3-5-14;/h9-11,14,17H,2-8H2,1H3;1H. The van der Waals surface area contributed by atoms with Crippen molar-refractivity contribution in [2.45, 2.75) is 51.7 Å². The summed E-state index contributed by atoms with van der Waals surface area (Å²) in [6, 6.07) is 0.577. The van der Waals surface area contributed by atoms with Gasteiger partial charge in [-0.3, -0.25) is 9.36 Å². The topological polar surface area (TPSA) is 47.7 Å². The maximum atomic E-state index is 12.4. The molecule has 5 nitrogen and oxygen atoms in total. The Hall–Kier alpha value is -1.56. The van der Waals surface area contributed by atoms with Crippen LogP contribution in [0.4, 0.5) is 10.1 Å². The first-order valence-corrected chi connectivity index (χ1v) is 7.63. The predicted molar refractivity (Wildman–Crippen MR) is 87.2 cm³/mol. The Balaban J connectivity index is 0.00000176. The van der Waals surface area contributed by atoms with Crippen LogP contribution in [0.5, 0.6) is 0 Å². The summed E-state index contributed by atoms with van der Waals surface area (Å²) in [5.41, 5.74) is 3.09. The van der Waals surface area contributed by atoms with Crippen molar-refractivity contribution in [3.05, 3.63) is 29.8 Å². The molecule has 0 radical (unpaired) electrons. The van der Waals surface area contributed by atoms with Crippen LogP contribution in [0.3, 0.4) is 0 Å². The minimum atomic E-state index is -0.393. The molecule has 1 aliphatic carbocycles. The van der Waals surface area contributed by atoms with Crippen molar-refractivity contribution in [2.24, 2.45) is 0 Å². The molecule has 1 saturated carbocycles. The van der Waals surface area contributed by atoms with Gasteiger partial charge in [-0.05, 0) is 19.8 Å². The van der Waals surface area contributed by atoms with E-state index in [-0.39, 0.29) is 12.4 Å². The summed E-state index contributed by atoms with van der Waals surface area (Å²) in [4.78, 5) is 0. The Kier molecular flexibility index (Phi) is 5.83. The Morgan fingerprint density at radius 2 is 2.05 bits per heavy atom. The zero-order valence-corrected chi connectivity index (χ0v) is 13.7. The number of anilines is 1. The third kappa shape index (κ3) is 3.61. The molecule has 0 aromatic carbocycles. The van der Waals surface area contributed by atoms with Crippen LogP contribution < -0.4 is 5.32 Å². The summed E-state index contributed by atoms with van der Waals surface area (Å²) in [6.45, 7) is 2.59. The number of aromatic nitrogens is 4. The number of nitrogens with zero attached hydrogens (tertiary/aromatic N) is 4. The minimum absolute atomic E-state index is 0. The SMILES string of the molecule is Cc1c(NCc2cnn(C3CCCC3)c2)cnn1CCF.Cl. The monoisotopic (exact) mass is 327 g/mol. The van der Waals surface area contributed by atoms with E-state index in [0.717, 1.165) is 17.9 Å². The molecule has 0 aliphatic heterocycles. The molecule has 2 aromatic rings. The van der Waals surface area contributed by atoms with Crippen LogP contribution in [0.2, 0.25) is 0 Å². The third-order valence-electron chi connectivity index (χ3n) is 4.24. The Labute approximate surface area is 136 Å². The van der Waals surface area contributed by atoms with Gasteiger partial charge >= 0.3 is 0 Å². The lowest BCUT2D eigenvalue weighted by atomic mass is 10.2. The van der Waals surface area contributed by atoms with E-state index in [2.05, 4.69) is 26.4 Å². The van der Waals surface area contributed by atoms with Crippen LogP contribution in [0, 0.1) is 6.92 Å². The summed E-state index contributed by atoms with van der Waals surface area (Å²) in [6.07, 6.45) is 10.9. The number of halogens is 2. The molecule has 3 rings (SSSR count). The van der Waals surface area contributed by atoms with Crippen LogP contribution in [0.25, 0.3) is 0 Å². The van der Waals surface area contributed by atoms with Crippen molar-refractivity contribution in [2.75, 3.05) is 12.0 Å². The third-order valence-corrected chi connectivity index (χ3v) is 4.24. The van der Waals surface area contributed by atoms with Gasteiger partial charge in [0.25, 0.3) is 0 Å². The number of aryl methyl sites for hydroxylation is 1. The normalized spacial score (nSPS) is 15.0. The molecule has 0 atom stereocenters. The number of alkyl halides is 1. The van der Waals surface area contributed by atoms with E-state index in [4.69, 9.17) is 0 Å². The van der Waals surface area contributed by atoms with Crippen LogP contribution >= 0.6 is 12.4 Å². The molecule has 0 spiro atoms. The van der Waals surface area contributed by atoms with Crippen molar-refractivity contribution in [3.8, 4) is 0 Å². The second-order valence-electron chi connectivity index (χ2n) is 5.68. The number of nitrogens with one attached hydrogen (secondary N) is 1. The molecule has 0 bridgehead atoms. The van der Waals surface area contributed by atoms with Gasteiger partial charge in [0.05, 0.1) is 36.4 Å². The predicted octanol–water partition coefficient (Wildman–Crippen LogP) is 3.51. The Morgan fingerprint density at radius 3 is 2.77 bits per heavy atom. The second kappa shape index (κ2) is 7.63. The summed E-state index contributed by atoms with van der Waals surface area (Å²) in [5.74, 6) is 0. The lowest BCUT2D eigenvalue weighted by Gasteiger charge is -2.08. The molecule has 1 aliphatic rings. The second-order valence-corrected chi connectivity index (χ2v) is 5.68. The average Bonchev–Trinajstić information content (AvgIpc) is 3.19. The van der Waals surface area contributed by atoms with Crippen LogP contribution in [-0.4, -0.2) is 26.2 Å². The fraction of sp³-hybridized carbons (Fsp3) is 0.600. The first-order chi connectivity index (χ1) is 10.3. The first-order valence-electron chi connectivity index (χ1n) is 7.63. The van der Waals surface area contributed by atoms with E-state index >= 15 is 0 Å². The molecule has 2 heterocycles. The quantitative estimate of drug-likeness (QED) is 0.883. The molecule has 7 heteroatoms. The lowest BCUT2D eigenvalue weighted by Crippen LogP contribution is -2.06. The molecule has 2 aromatic heterocycles. The molecule has 22 heavy (non-hydrogen) atoms. The molecular weight excluding hydrogens is 305 g/mol. The molecule has 0 amide bonds. The average molecular weight is 328 g/mol. The molecular formula is C15H23ClFN5. The van der Waals surface area contributed by atoms with Gasteiger partial charge in [0.1, 0.15) is 6.67 Å². The minimum Gasteiger partial charge on any atom is -0.378 e. The van der Waals surface area contributed by atoms with Crippen molar-refractivity contribution in [1.29, 1.82) is 0 Å². The zero-order chi connectivity index (χ0) is 14.7. The van der Waals surface area contributed by atoms with Crippen molar-refractivity contribution in [3.63, 3.8) is 0 Å². The van der Waals surface area contributed by atoms with Gasteiger partial charge in [0.2, 0.25) is 0 Å². The number of hydrogen-bond donors (Lipinski definition) is 1. The maximum Gasteiger partial charge on any atom is 0.109 e. The highest BCUT2D eigenvalue weighted by atomic mass is 35.5. The van der Waals surface area contributed by atoms with Gasteiger partial charge in [-0.15, -0.1) is 12.4 Å². The summed E-state index contributed by atoms with van der Waals surface area (Å²) < 4.78 is 16.2. The largest absolute Gasteiger partial charge is 0.378 e. The zero-order valence-electron chi connectivity index (χ0n) is 12.8. The van der Waals surface area contributed by atoms with Crippen LogP contribution in [-0.2, 0) is 13.1 Å². The van der Waals surface area contributed by atoms with E-state index in [1.54, 1.807) is 10.9 Å². The molecule has 122 valence electrons.